The monoisotopic (exact) mass is 262 g/mol. The van der Waals surface area contributed by atoms with Crippen molar-refractivity contribution in [2.75, 3.05) is 25.4 Å². The molecule has 6 heteroatoms. The molecule has 0 aliphatic carbocycles. The van der Waals surface area contributed by atoms with Crippen LogP contribution in [-0.4, -0.2) is 24.5 Å². The SMILES string of the molecule is CCN(CC)CCC1(c2ccc(N)cc2)N=NNN1. The molecule has 1 aromatic carbocycles. The Hall–Kier alpha value is -1.66. The molecule has 0 amide bonds. The van der Waals surface area contributed by atoms with E-state index in [2.05, 4.69) is 40.0 Å². The molecular weight excluding hydrogens is 240 g/mol. The molecule has 1 aliphatic rings. The summed E-state index contributed by atoms with van der Waals surface area (Å²) in [4.78, 5) is 2.37. The van der Waals surface area contributed by atoms with Crippen molar-refractivity contribution in [3.63, 3.8) is 0 Å². The smallest absolute Gasteiger partial charge is 0.178 e. The first-order valence-corrected chi connectivity index (χ1v) is 6.72. The van der Waals surface area contributed by atoms with Gasteiger partial charge in [0.25, 0.3) is 0 Å². The second-order valence-electron chi connectivity index (χ2n) is 4.70. The van der Waals surface area contributed by atoms with Gasteiger partial charge in [-0.15, -0.1) is 5.11 Å². The highest BCUT2D eigenvalue weighted by molar-refractivity contribution is 5.41. The van der Waals surface area contributed by atoms with Crippen LogP contribution in [0.4, 0.5) is 5.69 Å². The summed E-state index contributed by atoms with van der Waals surface area (Å²) in [6.45, 7) is 7.38. The standard InChI is InChI=1S/C13H22N6/c1-3-19(4-2)10-9-13(15-17-18-16-13)11-5-7-12(14)8-6-11/h5-8H,3-4,9-10,14H2,1-2H3,(H,15,18)(H,16,17). The molecule has 0 aromatic heterocycles. The van der Waals surface area contributed by atoms with Gasteiger partial charge < -0.3 is 10.6 Å². The first-order valence-electron chi connectivity index (χ1n) is 6.72. The molecule has 1 atom stereocenters. The minimum Gasteiger partial charge on any atom is -0.399 e. The summed E-state index contributed by atoms with van der Waals surface area (Å²) in [6.07, 6.45) is 0.856. The zero-order valence-electron chi connectivity index (χ0n) is 11.6. The van der Waals surface area contributed by atoms with Crippen LogP contribution in [0.5, 0.6) is 0 Å². The lowest BCUT2D eigenvalue weighted by Gasteiger charge is -2.28. The van der Waals surface area contributed by atoms with Gasteiger partial charge in [0.15, 0.2) is 5.66 Å². The number of benzene rings is 1. The molecule has 4 N–H and O–H groups in total. The minimum absolute atomic E-state index is 0.490. The Morgan fingerprint density at radius 1 is 1.21 bits per heavy atom. The average Bonchev–Trinajstić information content (AvgIpc) is 2.91. The molecule has 0 spiro atoms. The van der Waals surface area contributed by atoms with E-state index in [1.807, 2.05) is 24.3 Å². The lowest BCUT2D eigenvalue weighted by Crippen LogP contribution is -2.44. The van der Waals surface area contributed by atoms with Crippen LogP contribution in [0.3, 0.4) is 0 Å². The molecule has 1 aromatic rings. The molecule has 6 nitrogen and oxygen atoms in total. The highest BCUT2D eigenvalue weighted by atomic mass is 15.7. The summed E-state index contributed by atoms with van der Waals surface area (Å²) >= 11 is 0. The third kappa shape index (κ3) is 3.02. The van der Waals surface area contributed by atoms with Crippen molar-refractivity contribution >= 4 is 5.69 Å². The Morgan fingerprint density at radius 3 is 2.42 bits per heavy atom. The van der Waals surface area contributed by atoms with E-state index in [-0.39, 0.29) is 0 Å². The fraction of sp³-hybridized carbons (Fsp3) is 0.538. The topological polar surface area (TPSA) is 78.0 Å². The lowest BCUT2D eigenvalue weighted by atomic mass is 9.96. The Kier molecular flexibility index (Phi) is 4.34. The third-order valence-electron chi connectivity index (χ3n) is 3.61. The van der Waals surface area contributed by atoms with Gasteiger partial charge in [-0.1, -0.05) is 31.2 Å². The van der Waals surface area contributed by atoms with E-state index in [4.69, 9.17) is 5.73 Å². The predicted molar refractivity (Wildman–Crippen MR) is 76.1 cm³/mol. The van der Waals surface area contributed by atoms with E-state index in [9.17, 15) is 0 Å². The Balaban J connectivity index is 2.14. The van der Waals surface area contributed by atoms with Crippen molar-refractivity contribution in [1.29, 1.82) is 0 Å². The number of nitrogens with zero attached hydrogens (tertiary/aromatic N) is 3. The fourth-order valence-electron chi connectivity index (χ4n) is 2.26. The third-order valence-corrected chi connectivity index (χ3v) is 3.61. The van der Waals surface area contributed by atoms with Gasteiger partial charge in [-0.2, -0.15) is 5.43 Å². The maximum atomic E-state index is 5.74. The van der Waals surface area contributed by atoms with Crippen molar-refractivity contribution in [1.82, 2.24) is 15.9 Å². The van der Waals surface area contributed by atoms with Crippen molar-refractivity contribution in [3.8, 4) is 0 Å². The van der Waals surface area contributed by atoms with Gasteiger partial charge in [0, 0.05) is 18.7 Å². The lowest BCUT2D eigenvalue weighted by molar-refractivity contribution is 0.237. The number of nitrogen functional groups attached to an aromatic ring is 1. The van der Waals surface area contributed by atoms with Crippen LogP contribution in [-0.2, 0) is 5.66 Å². The largest absolute Gasteiger partial charge is 0.399 e. The summed E-state index contributed by atoms with van der Waals surface area (Å²) < 4.78 is 0. The molecule has 0 fully saturated rings. The molecular formula is C13H22N6. The fourth-order valence-corrected chi connectivity index (χ4v) is 2.26. The van der Waals surface area contributed by atoms with Crippen molar-refractivity contribution in [2.24, 2.45) is 10.3 Å². The Morgan fingerprint density at radius 2 is 1.89 bits per heavy atom. The normalized spacial score (nSPS) is 21.8. The number of anilines is 1. The molecule has 104 valence electrons. The number of nitrogens with one attached hydrogen (secondary N) is 2. The van der Waals surface area contributed by atoms with Crippen LogP contribution < -0.4 is 16.7 Å². The zero-order valence-corrected chi connectivity index (χ0v) is 11.6. The molecule has 1 unspecified atom stereocenters. The molecule has 19 heavy (non-hydrogen) atoms. The van der Waals surface area contributed by atoms with E-state index >= 15 is 0 Å². The molecule has 0 saturated carbocycles. The van der Waals surface area contributed by atoms with E-state index in [0.717, 1.165) is 37.3 Å². The second kappa shape index (κ2) is 5.99. The van der Waals surface area contributed by atoms with Gasteiger partial charge in [-0.3, -0.25) is 0 Å². The van der Waals surface area contributed by atoms with Crippen molar-refractivity contribution < 1.29 is 0 Å². The van der Waals surface area contributed by atoms with Gasteiger partial charge in [-0.05, 0) is 30.8 Å². The van der Waals surface area contributed by atoms with Gasteiger partial charge in [0.2, 0.25) is 0 Å². The highest BCUT2D eigenvalue weighted by Crippen LogP contribution is 2.29. The van der Waals surface area contributed by atoms with E-state index in [1.54, 1.807) is 0 Å². The van der Waals surface area contributed by atoms with Crippen LogP contribution in [0, 0.1) is 0 Å². The number of nitrogens with two attached hydrogens (primary N) is 1. The average molecular weight is 262 g/mol. The van der Waals surface area contributed by atoms with Crippen molar-refractivity contribution in [3.05, 3.63) is 29.8 Å². The van der Waals surface area contributed by atoms with E-state index < -0.39 is 5.66 Å². The van der Waals surface area contributed by atoms with Crippen LogP contribution in [0.15, 0.2) is 34.6 Å². The van der Waals surface area contributed by atoms with E-state index in [0.29, 0.717) is 0 Å². The van der Waals surface area contributed by atoms with Crippen LogP contribution in [0.25, 0.3) is 0 Å². The van der Waals surface area contributed by atoms with Crippen molar-refractivity contribution in [2.45, 2.75) is 25.9 Å². The van der Waals surface area contributed by atoms with Crippen LogP contribution in [0.1, 0.15) is 25.8 Å². The molecule has 0 saturated heterocycles. The molecule has 0 radical (unpaired) electrons. The maximum absolute atomic E-state index is 5.74. The number of hydrogen-bond acceptors (Lipinski definition) is 6. The quantitative estimate of drug-likeness (QED) is 0.681. The molecule has 1 aliphatic heterocycles. The molecule has 1 heterocycles. The Labute approximate surface area is 114 Å². The number of hydrogen-bond donors (Lipinski definition) is 3. The van der Waals surface area contributed by atoms with Crippen LogP contribution in [0.2, 0.25) is 0 Å². The summed E-state index contributed by atoms with van der Waals surface area (Å²) in [5.41, 5.74) is 13.0. The van der Waals surface area contributed by atoms with Crippen LogP contribution >= 0.6 is 0 Å². The second-order valence-corrected chi connectivity index (χ2v) is 4.70. The summed E-state index contributed by atoms with van der Waals surface area (Å²) in [6, 6.07) is 7.78. The Bertz CT molecular complexity index is 425. The maximum Gasteiger partial charge on any atom is 0.178 e. The zero-order chi connectivity index (χ0) is 13.7. The predicted octanol–water partition coefficient (Wildman–Crippen LogP) is 1.63. The number of hydrazine groups is 1. The first kappa shape index (κ1) is 13.8. The van der Waals surface area contributed by atoms with E-state index in [1.165, 1.54) is 0 Å². The molecule has 0 bridgehead atoms. The summed E-state index contributed by atoms with van der Waals surface area (Å²) in [7, 11) is 0. The minimum atomic E-state index is -0.490. The summed E-state index contributed by atoms with van der Waals surface area (Å²) in [5.74, 6) is 0. The number of rotatable bonds is 6. The van der Waals surface area contributed by atoms with Gasteiger partial charge in [-0.25, -0.2) is 5.53 Å². The van der Waals surface area contributed by atoms with Gasteiger partial charge in [0.1, 0.15) is 0 Å². The van der Waals surface area contributed by atoms with Gasteiger partial charge in [0.05, 0.1) is 0 Å². The first-order chi connectivity index (χ1) is 9.20. The highest BCUT2D eigenvalue weighted by Gasteiger charge is 2.35. The molecule has 2 rings (SSSR count). The summed E-state index contributed by atoms with van der Waals surface area (Å²) in [5, 5.41) is 8.22. The van der Waals surface area contributed by atoms with Gasteiger partial charge >= 0.3 is 0 Å².